The number of aliphatic hydroxyl groups excluding tert-OH is 2. The van der Waals surface area contributed by atoms with E-state index in [2.05, 4.69) is 4.90 Å². The Bertz CT molecular complexity index is 1240. The summed E-state index contributed by atoms with van der Waals surface area (Å²) in [5, 5.41) is 40.9. The lowest BCUT2D eigenvalue weighted by Gasteiger charge is -2.38. The van der Waals surface area contributed by atoms with Crippen molar-refractivity contribution in [2.75, 3.05) is 39.8 Å². The number of hydrogen-bond donors (Lipinski definition) is 4. The van der Waals surface area contributed by atoms with Crippen LogP contribution in [0.1, 0.15) is 86.5 Å². The summed E-state index contributed by atoms with van der Waals surface area (Å²) in [6, 6.07) is 0. The summed E-state index contributed by atoms with van der Waals surface area (Å²) in [4.78, 5) is 41.0. The molecule has 0 unspecified atom stereocenters. The molecule has 0 aliphatic carbocycles. The van der Waals surface area contributed by atoms with E-state index in [-0.39, 0.29) is 43.3 Å². The molecule has 51 heavy (non-hydrogen) atoms. The lowest BCUT2D eigenvalue weighted by molar-refractivity contribution is -0.151. The van der Waals surface area contributed by atoms with Crippen LogP contribution in [0.3, 0.4) is 0 Å². The highest BCUT2D eigenvalue weighted by Gasteiger charge is 2.47. The van der Waals surface area contributed by atoms with Crippen LogP contribution in [0.2, 0.25) is 0 Å². The quantitative estimate of drug-likeness (QED) is 0.0883. The molecule has 13 heteroatoms. The predicted octanol–water partition coefficient (Wildman–Crippen LogP) is 3.85. The molecule has 10 atom stereocenters. The van der Waals surface area contributed by atoms with Gasteiger partial charge in [-0.1, -0.05) is 45.1 Å². The molecule has 2 fully saturated rings. The molecule has 290 valence electrons. The number of amides is 1. The fourth-order valence-corrected chi connectivity index (χ4v) is 6.80. The van der Waals surface area contributed by atoms with Crippen LogP contribution in [-0.2, 0) is 28.5 Å². The number of ether oxygens (including phenoxy) is 4. The number of nitrogens with zero attached hydrogens (tertiary/aromatic N) is 2. The monoisotopic (exact) mass is 722 g/mol. The predicted molar refractivity (Wildman–Crippen MR) is 191 cm³/mol. The molecule has 3 heterocycles. The first-order valence-corrected chi connectivity index (χ1v) is 18.4. The van der Waals surface area contributed by atoms with Crippen molar-refractivity contribution in [1.29, 1.82) is 0 Å². The number of carboxylic acid groups (broad SMARTS) is 1. The highest BCUT2D eigenvalue weighted by molar-refractivity contribution is 5.70. The molecule has 0 saturated carbocycles. The molecule has 13 nitrogen and oxygen atoms in total. The van der Waals surface area contributed by atoms with E-state index < -0.39 is 53.6 Å². The molecule has 1 amide bonds. The zero-order valence-corrected chi connectivity index (χ0v) is 31.5. The van der Waals surface area contributed by atoms with Crippen LogP contribution in [0.5, 0.6) is 0 Å². The third-order valence-electron chi connectivity index (χ3n) is 10.5. The Morgan fingerprint density at radius 3 is 2.53 bits per heavy atom. The van der Waals surface area contributed by atoms with Crippen LogP contribution in [0.15, 0.2) is 36.0 Å². The number of aliphatic hydroxyl groups is 3. The molecule has 0 spiro atoms. The number of carbonyl (C=O) groups is 3. The van der Waals surface area contributed by atoms with Gasteiger partial charge < -0.3 is 44.3 Å². The zero-order valence-electron chi connectivity index (χ0n) is 31.5. The number of hydrogen-bond acceptors (Lipinski definition) is 11. The summed E-state index contributed by atoms with van der Waals surface area (Å²) < 4.78 is 23.6. The molecular weight excluding hydrogens is 660 g/mol. The van der Waals surface area contributed by atoms with Gasteiger partial charge >= 0.3 is 18.0 Å². The lowest BCUT2D eigenvalue weighted by Crippen LogP contribution is -2.51. The minimum Gasteiger partial charge on any atom is -0.481 e. The van der Waals surface area contributed by atoms with Gasteiger partial charge in [0, 0.05) is 58.0 Å². The number of piperazine rings is 1. The first-order chi connectivity index (χ1) is 24.0. The maximum absolute atomic E-state index is 13.4. The number of aliphatic carboxylic acids is 1. The number of carboxylic acids is 1. The van der Waals surface area contributed by atoms with Crippen molar-refractivity contribution in [1.82, 2.24) is 9.80 Å². The summed E-state index contributed by atoms with van der Waals surface area (Å²) in [5.74, 6) is -1.74. The molecule has 2 saturated heterocycles. The molecular formula is C38H62N2O11. The molecule has 0 aromatic heterocycles. The van der Waals surface area contributed by atoms with Crippen LogP contribution >= 0.6 is 0 Å². The second-order valence-electron chi connectivity index (χ2n) is 15.0. The summed E-state index contributed by atoms with van der Waals surface area (Å²) in [6.45, 7) is 13.9. The largest absolute Gasteiger partial charge is 0.481 e. The minimum absolute atomic E-state index is 0.0190. The summed E-state index contributed by atoms with van der Waals surface area (Å²) >= 11 is 0. The fourth-order valence-electron chi connectivity index (χ4n) is 6.80. The Morgan fingerprint density at radius 2 is 1.90 bits per heavy atom. The fraction of sp³-hybridized carbons (Fsp3) is 0.763. The molecule has 0 aromatic carbocycles. The Labute approximate surface area is 303 Å². The summed E-state index contributed by atoms with van der Waals surface area (Å²) in [6.07, 6.45) is 7.08. The Morgan fingerprint density at radius 1 is 1.22 bits per heavy atom. The van der Waals surface area contributed by atoms with E-state index in [0.717, 1.165) is 0 Å². The van der Waals surface area contributed by atoms with Crippen molar-refractivity contribution in [3.05, 3.63) is 36.0 Å². The molecule has 3 aliphatic heterocycles. The van der Waals surface area contributed by atoms with Crippen LogP contribution in [0.4, 0.5) is 4.79 Å². The van der Waals surface area contributed by atoms with Gasteiger partial charge in [0.1, 0.15) is 11.7 Å². The van der Waals surface area contributed by atoms with E-state index in [0.29, 0.717) is 64.0 Å². The third kappa shape index (κ3) is 13.3. The van der Waals surface area contributed by atoms with Crippen LogP contribution in [0.25, 0.3) is 0 Å². The smallest absolute Gasteiger partial charge is 0.410 e. The van der Waals surface area contributed by atoms with Gasteiger partial charge in [0.15, 0.2) is 6.10 Å². The second kappa shape index (κ2) is 19.3. The second-order valence-corrected chi connectivity index (χ2v) is 15.0. The number of allylic oxidation sites excluding steroid dienone is 2. The van der Waals surface area contributed by atoms with Gasteiger partial charge in [0.25, 0.3) is 0 Å². The zero-order chi connectivity index (χ0) is 37.9. The van der Waals surface area contributed by atoms with Crippen molar-refractivity contribution >= 4 is 18.0 Å². The van der Waals surface area contributed by atoms with E-state index in [9.17, 15) is 29.7 Å². The van der Waals surface area contributed by atoms with Crippen molar-refractivity contribution < 1.29 is 53.8 Å². The first kappa shape index (κ1) is 42.6. The number of rotatable bonds is 14. The molecule has 3 rings (SSSR count). The van der Waals surface area contributed by atoms with Gasteiger partial charge in [0.2, 0.25) is 0 Å². The van der Waals surface area contributed by atoms with Crippen molar-refractivity contribution in [2.45, 2.75) is 134 Å². The van der Waals surface area contributed by atoms with E-state index in [1.165, 1.54) is 7.11 Å². The Balaban J connectivity index is 1.73. The molecule has 4 N–H and O–H groups in total. The minimum atomic E-state index is -1.17. The molecule has 0 aromatic rings. The van der Waals surface area contributed by atoms with Crippen molar-refractivity contribution in [3.8, 4) is 0 Å². The van der Waals surface area contributed by atoms with Gasteiger partial charge in [-0.05, 0) is 64.6 Å². The lowest BCUT2D eigenvalue weighted by atomic mass is 9.88. The summed E-state index contributed by atoms with van der Waals surface area (Å²) in [5.41, 5.74) is -1.45. The number of esters is 1. The highest BCUT2D eigenvalue weighted by atomic mass is 16.6. The van der Waals surface area contributed by atoms with Crippen molar-refractivity contribution in [2.24, 2.45) is 11.8 Å². The Kier molecular flexibility index (Phi) is 16.1. The normalized spacial score (nSPS) is 32.9. The number of methoxy groups -OCH3 is 1. The highest BCUT2D eigenvalue weighted by Crippen LogP contribution is 2.37. The molecule has 0 radical (unpaired) electrons. The maximum atomic E-state index is 13.4. The topological polar surface area (TPSA) is 179 Å². The molecule has 0 bridgehead atoms. The average molecular weight is 723 g/mol. The van der Waals surface area contributed by atoms with E-state index in [4.69, 9.17) is 24.1 Å². The summed E-state index contributed by atoms with van der Waals surface area (Å²) in [7, 11) is 1.53. The average Bonchev–Trinajstić information content (AvgIpc) is 3.84. The number of cyclic esters (lactones) is 1. The van der Waals surface area contributed by atoms with Gasteiger partial charge in [-0.25, -0.2) is 4.79 Å². The van der Waals surface area contributed by atoms with Crippen LogP contribution in [0, 0.1) is 11.8 Å². The molecule has 3 aliphatic rings. The Hall–Kier alpha value is -2.81. The third-order valence-corrected chi connectivity index (χ3v) is 10.5. The standard InChI is InChI=1S/C38H62N2O11/c1-8-29(42)27(4)35-30(49-35)24-37(5,47)16-9-11-25(2)34-26(3)13-14-31(38(6,48-7)17-15-28(41)23-33(45)51-34)50-36(46)40-21-19-39(20-22-40)18-10-12-32(43)44/h9,11,13-14,16,26-31,34-35,41-42,47H,8,10,12,15,17-24H2,1-7H3,(H,43,44)/b14-13+,16-9+,25-11+/t26-,27+,28-,29+,30+,31-,34+,35+,37+,38-/m0/s1. The van der Waals surface area contributed by atoms with Crippen molar-refractivity contribution in [3.63, 3.8) is 0 Å². The van der Waals surface area contributed by atoms with Gasteiger partial charge in [-0.2, -0.15) is 0 Å². The number of carbonyl (C=O) groups excluding carboxylic acids is 2. The number of epoxide rings is 1. The van der Waals surface area contributed by atoms with Crippen LogP contribution in [-0.4, -0.2) is 136 Å². The SMILES string of the molecule is CC[C@@H](O)[C@@H](C)[C@H]1O[C@@H]1C[C@](C)(O)/C=C/C=C(\C)[C@H]1OC(=O)C[C@@H](O)CC[C@](C)(OC)[C@@H](OC(=O)N2CCN(CCCC(=O)O)CC2)/C=C/[C@@H]1C. The first-order valence-electron chi connectivity index (χ1n) is 18.4. The van der Waals surface area contributed by atoms with E-state index >= 15 is 0 Å². The van der Waals surface area contributed by atoms with Gasteiger partial charge in [-0.15, -0.1) is 0 Å². The van der Waals surface area contributed by atoms with E-state index in [1.807, 2.05) is 40.7 Å². The maximum Gasteiger partial charge on any atom is 0.410 e. The van der Waals surface area contributed by atoms with Gasteiger partial charge in [0.05, 0.1) is 36.4 Å². The van der Waals surface area contributed by atoms with E-state index in [1.54, 1.807) is 36.1 Å². The van der Waals surface area contributed by atoms with Crippen LogP contribution < -0.4 is 0 Å². The van der Waals surface area contributed by atoms with Gasteiger partial charge in [-0.3, -0.25) is 14.5 Å².